The van der Waals surface area contributed by atoms with Crippen LogP contribution in [0.1, 0.15) is 28.7 Å². The molecule has 8 heteroatoms. The molecule has 0 aliphatic rings. The second-order valence-corrected chi connectivity index (χ2v) is 4.62. The normalized spacial score (nSPS) is 11.7. The van der Waals surface area contributed by atoms with Crippen molar-refractivity contribution < 1.29 is 18.0 Å². The van der Waals surface area contributed by atoms with Crippen LogP contribution in [-0.2, 0) is 6.18 Å². The minimum atomic E-state index is -4.52. The Morgan fingerprint density at radius 3 is 2.45 bits per heavy atom. The summed E-state index contributed by atoms with van der Waals surface area (Å²) in [6.07, 6.45) is -4.52. The van der Waals surface area contributed by atoms with Gasteiger partial charge >= 0.3 is 6.18 Å². The third-order valence-corrected chi connectivity index (χ3v) is 2.90. The lowest BCUT2D eigenvalue weighted by molar-refractivity contribution is -0.137. The Hall–Kier alpha value is -1.89. The Labute approximate surface area is 117 Å². The zero-order valence-electron chi connectivity index (χ0n) is 10.5. The maximum Gasteiger partial charge on any atom is 0.416 e. The SMILES string of the molecule is CC(=O)c1nnn(-c2cc(Cl)cc(C(F)(F)F)c2)c1C. The van der Waals surface area contributed by atoms with E-state index in [0.717, 1.165) is 16.8 Å². The lowest BCUT2D eigenvalue weighted by atomic mass is 10.2. The number of alkyl halides is 3. The molecule has 0 radical (unpaired) electrons. The molecule has 0 bridgehead atoms. The molecule has 0 spiro atoms. The summed E-state index contributed by atoms with van der Waals surface area (Å²) in [5.74, 6) is -0.313. The van der Waals surface area contributed by atoms with Crippen LogP contribution in [0.3, 0.4) is 0 Å². The van der Waals surface area contributed by atoms with E-state index in [9.17, 15) is 18.0 Å². The quantitative estimate of drug-likeness (QED) is 0.798. The number of aromatic nitrogens is 3. The summed E-state index contributed by atoms with van der Waals surface area (Å²) >= 11 is 5.70. The maximum atomic E-state index is 12.7. The molecule has 1 aromatic heterocycles. The highest BCUT2D eigenvalue weighted by Gasteiger charge is 2.31. The van der Waals surface area contributed by atoms with Gasteiger partial charge < -0.3 is 0 Å². The van der Waals surface area contributed by atoms with Gasteiger partial charge in [-0.05, 0) is 25.1 Å². The molecule has 2 rings (SSSR count). The number of carbonyl (C=O) groups excluding carboxylic acids is 1. The summed E-state index contributed by atoms with van der Waals surface area (Å²) in [5.41, 5.74) is -0.326. The number of carbonyl (C=O) groups is 1. The lowest BCUT2D eigenvalue weighted by Crippen LogP contribution is -2.08. The van der Waals surface area contributed by atoms with Crippen molar-refractivity contribution in [2.45, 2.75) is 20.0 Å². The fraction of sp³-hybridized carbons (Fsp3) is 0.250. The van der Waals surface area contributed by atoms with E-state index in [2.05, 4.69) is 10.3 Å². The fourth-order valence-electron chi connectivity index (χ4n) is 1.76. The zero-order valence-corrected chi connectivity index (χ0v) is 11.2. The summed E-state index contributed by atoms with van der Waals surface area (Å²) in [6.45, 7) is 2.85. The van der Waals surface area contributed by atoms with Crippen LogP contribution in [0.25, 0.3) is 5.69 Å². The van der Waals surface area contributed by atoms with Crippen molar-refractivity contribution in [2.75, 3.05) is 0 Å². The minimum Gasteiger partial charge on any atom is -0.293 e. The second-order valence-electron chi connectivity index (χ2n) is 4.19. The van der Waals surface area contributed by atoms with E-state index in [-0.39, 0.29) is 22.2 Å². The molecule has 4 nitrogen and oxygen atoms in total. The summed E-state index contributed by atoms with van der Waals surface area (Å²) in [7, 11) is 0. The van der Waals surface area contributed by atoms with E-state index in [1.54, 1.807) is 6.92 Å². The van der Waals surface area contributed by atoms with Crippen LogP contribution < -0.4 is 0 Å². The van der Waals surface area contributed by atoms with Gasteiger partial charge in [0.2, 0.25) is 0 Å². The monoisotopic (exact) mass is 303 g/mol. The van der Waals surface area contributed by atoms with Crippen molar-refractivity contribution >= 4 is 17.4 Å². The van der Waals surface area contributed by atoms with Gasteiger partial charge in [-0.3, -0.25) is 4.79 Å². The molecule has 2 aromatic rings. The van der Waals surface area contributed by atoms with E-state index < -0.39 is 11.7 Å². The molecule has 0 fully saturated rings. The van der Waals surface area contributed by atoms with Crippen molar-refractivity contribution in [1.29, 1.82) is 0 Å². The Morgan fingerprint density at radius 1 is 1.30 bits per heavy atom. The molecule has 0 saturated heterocycles. The molecule has 106 valence electrons. The molecular weight excluding hydrogens is 295 g/mol. The standard InChI is InChI=1S/C12H9ClF3N3O/c1-6-11(7(2)20)17-18-19(6)10-4-8(12(14,15)16)3-9(13)5-10/h3-5H,1-2H3. The molecule has 0 aliphatic carbocycles. The van der Waals surface area contributed by atoms with Gasteiger partial charge in [0.1, 0.15) is 0 Å². The first kappa shape index (κ1) is 14.5. The van der Waals surface area contributed by atoms with Crippen LogP contribution in [0, 0.1) is 6.92 Å². The van der Waals surface area contributed by atoms with Gasteiger partial charge in [0.15, 0.2) is 11.5 Å². The van der Waals surface area contributed by atoms with Crippen molar-refractivity contribution in [3.8, 4) is 5.69 Å². The average Bonchev–Trinajstić information content (AvgIpc) is 2.69. The average molecular weight is 304 g/mol. The van der Waals surface area contributed by atoms with Crippen LogP contribution in [0.4, 0.5) is 13.2 Å². The Balaban J connectivity index is 2.59. The Bertz CT molecular complexity index is 679. The number of hydrogen-bond donors (Lipinski definition) is 0. The van der Waals surface area contributed by atoms with E-state index in [1.807, 2.05) is 0 Å². The summed E-state index contributed by atoms with van der Waals surface area (Å²) in [6, 6.07) is 3.04. The predicted octanol–water partition coefficient (Wildman–Crippen LogP) is 3.45. The third-order valence-electron chi connectivity index (χ3n) is 2.68. The van der Waals surface area contributed by atoms with Crippen molar-refractivity contribution in [3.05, 3.63) is 40.2 Å². The first-order valence-corrected chi connectivity index (χ1v) is 5.89. The van der Waals surface area contributed by atoms with Crippen molar-refractivity contribution in [2.24, 2.45) is 0 Å². The molecule has 1 aromatic carbocycles. The number of ketones is 1. The van der Waals surface area contributed by atoms with Crippen molar-refractivity contribution in [1.82, 2.24) is 15.0 Å². The summed E-state index contributed by atoms with van der Waals surface area (Å²) in [5, 5.41) is 7.27. The lowest BCUT2D eigenvalue weighted by Gasteiger charge is -2.10. The van der Waals surface area contributed by atoms with Gasteiger partial charge in [-0.15, -0.1) is 5.10 Å². The molecule has 0 unspecified atom stereocenters. The van der Waals surface area contributed by atoms with Gasteiger partial charge in [-0.2, -0.15) is 13.2 Å². The topological polar surface area (TPSA) is 47.8 Å². The van der Waals surface area contributed by atoms with E-state index in [0.29, 0.717) is 5.69 Å². The van der Waals surface area contributed by atoms with E-state index in [4.69, 9.17) is 11.6 Å². The summed E-state index contributed by atoms with van der Waals surface area (Å²) in [4.78, 5) is 11.3. The molecule has 0 amide bonds. The maximum absolute atomic E-state index is 12.7. The molecule has 0 saturated carbocycles. The highest BCUT2D eigenvalue weighted by molar-refractivity contribution is 6.30. The van der Waals surface area contributed by atoms with Gasteiger partial charge in [-0.1, -0.05) is 16.8 Å². The number of halogens is 4. The molecule has 0 aliphatic heterocycles. The van der Waals surface area contributed by atoms with Gasteiger partial charge in [0, 0.05) is 11.9 Å². The molecule has 0 atom stereocenters. The van der Waals surface area contributed by atoms with Crippen LogP contribution in [0.5, 0.6) is 0 Å². The smallest absolute Gasteiger partial charge is 0.293 e. The molecule has 1 heterocycles. The fourth-order valence-corrected chi connectivity index (χ4v) is 1.99. The first-order chi connectivity index (χ1) is 9.20. The highest BCUT2D eigenvalue weighted by atomic mass is 35.5. The predicted molar refractivity (Wildman–Crippen MR) is 66.1 cm³/mol. The molecular formula is C12H9ClF3N3O. The van der Waals surface area contributed by atoms with Crippen LogP contribution >= 0.6 is 11.6 Å². The number of Topliss-reactive ketones (excluding diaryl/α,β-unsaturated/α-hetero) is 1. The van der Waals surface area contributed by atoms with Gasteiger partial charge in [0.05, 0.1) is 16.9 Å². The number of hydrogen-bond acceptors (Lipinski definition) is 3. The number of nitrogens with zero attached hydrogens (tertiary/aromatic N) is 3. The van der Waals surface area contributed by atoms with Gasteiger partial charge in [0.25, 0.3) is 0 Å². The zero-order chi connectivity index (χ0) is 15.1. The summed E-state index contributed by atoms with van der Waals surface area (Å²) < 4.78 is 39.4. The van der Waals surface area contributed by atoms with Crippen LogP contribution in [-0.4, -0.2) is 20.8 Å². The molecule has 0 N–H and O–H groups in total. The van der Waals surface area contributed by atoms with Crippen LogP contribution in [0.15, 0.2) is 18.2 Å². The van der Waals surface area contributed by atoms with Crippen LogP contribution in [0.2, 0.25) is 5.02 Å². The number of benzene rings is 1. The second kappa shape index (κ2) is 4.90. The highest BCUT2D eigenvalue weighted by Crippen LogP contribution is 2.33. The third kappa shape index (κ3) is 2.67. The Kier molecular flexibility index (Phi) is 3.56. The minimum absolute atomic E-state index is 0.0749. The van der Waals surface area contributed by atoms with E-state index in [1.165, 1.54) is 13.0 Å². The number of rotatable bonds is 2. The first-order valence-electron chi connectivity index (χ1n) is 5.51. The van der Waals surface area contributed by atoms with Crippen molar-refractivity contribution in [3.63, 3.8) is 0 Å². The Morgan fingerprint density at radius 2 is 1.95 bits per heavy atom. The molecule has 20 heavy (non-hydrogen) atoms. The van der Waals surface area contributed by atoms with E-state index >= 15 is 0 Å². The van der Waals surface area contributed by atoms with Gasteiger partial charge in [-0.25, -0.2) is 4.68 Å². The largest absolute Gasteiger partial charge is 0.416 e.